The number of carbonyl (C=O) groups is 2. The summed E-state index contributed by atoms with van der Waals surface area (Å²) in [4.78, 5) is 21.5. The van der Waals surface area contributed by atoms with Gasteiger partial charge in [-0.05, 0) is 64.2 Å². The number of hydrogen-bond acceptors (Lipinski definition) is 5. The normalized spacial score (nSPS) is 11.1. The van der Waals surface area contributed by atoms with Crippen molar-refractivity contribution in [3.05, 3.63) is 124 Å². The fourth-order valence-corrected chi connectivity index (χ4v) is 4.48. The first-order valence-corrected chi connectivity index (χ1v) is 14.0. The summed E-state index contributed by atoms with van der Waals surface area (Å²) < 4.78 is 16.5. The zero-order valence-electron chi connectivity index (χ0n) is 22.9. The molecule has 0 saturated carbocycles. The molecule has 0 aliphatic carbocycles. The second-order valence-electron chi connectivity index (χ2n) is 9.28. The predicted molar refractivity (Wildman–Crippen MR) is 168 cm³/mol. The van der Waals surface area contributed by atoms with Crippen molar-refractivity contribution in [1.82, 2.24) is 0 Å². The Morgan fingerprint density at radius 1 is 0.628 bits per heavy atom. The van der Waals surface area contributed by atoms with Gasteiger partial charge in [0.25, 0.3) is 0 Å². The van der Waals surface area contributed by atoms with Crippen LogP contribution in [0.3, 0.4) is 0 Å². The van der Waals surface area contributed by atoms with E-state index in [0.29, 0.717) is 46.1 Å². The Labute approximate surface area is 259 Å². The maximum Gasteiger partial charge on any atom is 0.341 e. The fraction of sp³-hybridized carbons (Fsp3) is 0.118. The summed E-state index contributed by atoms with van der Waals surface area (Å²) in [6, 6.07) is 26.1. The van der Waals surface area contributed by atoms with Crippen LogP contribution in [0.25, 0.3) is 23.3 Å². The molecular weight excluding hydrogens is 591 g/mol. The van der Waals surface area contributed by atoms with Crippen LogP contribution in [0.5, 0.6) is 17.2 Å². The number of carboxylic acids is 2. The highest BCUT2D eigenvalue weighted by molar-refractivity contribution is 6.32. The number of benzene rings is 4. The lowest BCUT2D eigenvalue weighted by Crippen LogP contribution is -2.09. The van der Waals surface area contributed by atoms with Gasteiger partial charge < -0.3 is 24.4 Å². The second-order valence-corrected chi connectivity index (χ2v) is 10.1. The first kappa shape index (κ1) is 31.2. The highest BCUT2D eigenvalue weighted by Gasteiger charge is 2.07. The molecule has 43 heavy (non-hydrogen) atoms. The molecule has 0 bridgehead atoms. The van der Waals surface area contributed by atoms with E-state index in [2.05, 4.69) is 24.3 Å². The van der Waals surface area contributed by atoms with Gasteiger partial charge in [0.2, 0.25) is 0 Å². The van der Waals surface area contributed by atoms with Crippen LogP contribution in [0, 0.1) is 0 Å². The summed E-state index contributed by atoms with van der Waals surface area (Å²) in [5.41, 5.74) is 4.84. The third-order valence-corrected chi connectivity index (χ3v) is 6.65. The Kier molecular flexibility index (Phi) is 11.2. The largest absolute Gasteiger partial charge is 0.488 e. The molecule has 9 heteroatoms. The molecule has 0 saturated heterocycles. The van der Waals surface area contributed by atoms with Gasteiger partial charge in [0, 0.05) is 6.07 Å². The smallest absolute Gasteiger partial charge is 0.341 e. The molecule has 4 rings (SSSR count). The standard InChI is InChI=1S/C34H28Cl2O7/c35-29-19-25(20-33(37)38)9-15-31(29)41-17-1-3-23-5-10-26(11-6-23)27-12-7-24(8-13-27)4-2-18-42-32-16-14-28(21-30(32)36)43-22-34(39)40/h1-16,19,21H,17-18,20,22H2,(H,37,38)(H,39,40)/b3-1+,4-2-. The molecule has 0 aliphatic rings. The number of aliphatic carboxylic acids is 2. The summed E-state index contributed by atoms with van der Waals surface area (Å²) in [6.45, 7) is 0.191. The summed E-state index contributed by atoms with van der Waals surface area (Å²) in [5.74, 6) is -0.637. The molecule has 2 N–H and O–H groups in total. The Hall–Kier alpha value is -4.72. The molecule has 4 aromatic rings. The van der Waals surface area contributed by atoms with E-state index in [1.54, 1.807) is 30.3 Å². The zero-order chi connectivity index (χ0) is 30.6. The Morgan fingerprint density at radius 3 is 1.60 bits per heavy atom. The van der Waals surface area contributed by atoms with Gasteiger partial charge in [-0.15, -0.1) is 0 Å². The first-order valence-electron chi connectivity index (χ1n) is 13.2. The number of halogens is 2. The van der Waals surface area contributed by atoms with Crippen molar-refractivity contribution in [1.29, 1.82) is 0 Å². The Balaban J connectivity index is 1.23. The van der Waals surface area contributed by atoms with E-state index in [4.69, 9.17) is 47.6 Å². The first-order chi connectivity index (χ1) is 20.8. The summed E-state index contributed by atoms with van der Waals surface area (Å²) in [5, 5.41) is 18.3. The summed E-state index contributed by atoms with van der Waals surface area (Å²) >= 11 is 12.4. The van der Waals surface area contributed by atoms with Crippen molar-refractivity contribution in [2.24, 2.45) is 0 Å². The molecule has 0 heterocycles. The van der Waals surface area contributed by atoms with Crippen molar-refractivity contribution < 1.29 is 34.0 Å². The quantitative estimate of drug-likeness (QED) is 0.148. The van der Waals surface area contributed by atoms with E-state index >= 15 is 0 Å². The van der Waals surface area contributed by atoms with Crippen LogP contribution in [0.2, 0.25) is 10.0 Å². The number of carboxylic acid groups (broad SMARTS) is 2. The molecular formula is C34H28Cl2O7. The predicted octanol–water partition coefficient (Wildman–Crippen LogP) is 7.94. The lowest BCUT2D eigenvalue weighted by molar-refractivity contribution is -0.139. The van der Waals surface area contributed by atoms with Crippen LogP contribution >= 0.6 is 23.2 Å². The topological polar surface area (TPSA) is 102 Å². The molecule has 0 spiro atoms. The molecule has 0 atom stereocenters. The van der Waals surface area contributed by atoms with Crippen LogP contribution in [-0.2, 0) is 16.0 Å². The third-order valence-electron chi connectivity index (χ3n) is 6.06. The van der Waals surface area contributed by atoms with Crippen LogP contribution in [0.15, 0.2) is 97.1 Å². The van der Waals surface area contributed by atoms with Crippen molar-refractivity contribution in [2.75, 3.05) is 19.8 Å². The van der Waals surface area contributed by atoms with Gasteiger partial charge in [0.1, 0.15) is 30.5 Å². The third kappa shape index (κ3) is 9.95. The zero-order valence-corrected chi connectivity index (χ0v) is 24.4. The van der Waals surface area contributed by atoms with Gasteiger partial charge in [-0.1, -0.05) is 90.0 Å². The maximum absolute atomic E-state index is 10.8. The second kappa shape index (κ2) is 15.5. The monoisotopic (exact) mass is 618 g/mol. The molecule has 0 unspecified atom stereocenters. The van der Waals surface area contributed by atoms with E-state index in [9.17, 15) is 9.59 Å². The van der Waals surface area contributed by atoms with Gasteiger partial charge >= 0.3 is 11.9 Å². The van der Waals surface area contributed by atoms with Crippen LogP contribution < -0.4 is 14.2 Å². The van der Waals surface area contributed by atoms with Crippen LogP contribution in [0.4, 0.5) is 0 Å². The minimum Gasteiger partial charge on any atom is -0.488 e. The lowest BCUT2D eigenvalue weighted by atomic mass is 10.0. The van der Waals surface area contributed by atoms with E-state index in [0.717, 1.165) is 22.3 Å². The summed E-state index contributed by atoms with van der Waals surface area (Å²) in [6.07, 6.45) is 7.60. The molecule has 0 fully saturated rings. The number of rotatable bonds is 14. The van der Waals surface area contributed by atoms with Gasteiger partial charge in [0.15, 0.2) is 6.61 Å². The van der Waals surface area contributed by atoms with E-state index in [1.807, 2.05) is 48.6 Å². The lowest BCUT2D eigenvalue weighted by Gasteiger charge is -2.08. The van der Waals surface area contributed by atoms with Crippen LogP contribution in [0.1, 0.15) is 16.7 Å². The Bertz CT molecular complexity index is 1610. The number of hydrogen-bond donors (Lipinski definition) is 2. The fourth-order valence-electron chi connectivity index (χ4n) is 4.00. The number of ether oxygens (including phenoxy) is 3. The minimum absolute atomic E-state index is 0.0862. The van der Waals surface area contributed by atoms with Crippen molar-refractivity contribution in [3.8, 4) is 28.4 Å². The SMILES string of the molecule is O=C(O)COc1ccc(OC/C=C\c2ccc(-c3ccc(/C=C/COc4ccc(CC(=O)O)cc4Cl)cc3)cc2)c(Cl)c1. The van der Waals surface area contributed by atoms with Crippen LogP contribution in [-0.4, -0.2) is 42.0 Å². The highest BCUT2D eigenvalue weighted by atomic mass is 35.5. The van der Waals surface area contributed by atoms with E-state index in [-0.39, 0.29) is 6.42 Å². The molecule has 0 radical (unpaired) electrons. The average molecular weight is 619 g/mol. The molecule has 7 nitrogen and oxygen atoms in total. The minimum atomic E-state index is -1.06. The molecule has 0 aromatic heterocycles. The average Bonchev–Trinajstić information content (AvgIpc) is 2.98. The van der Waals surface area contributed by atoms with E-state index < -0.39 is 18.5 Å². The molecule has 0 amide bonds. The molecule has 220 valence electrons. The van der Waals surface area contributed by atoms with Gasteiger partial charge in [0.05, 0.1) is 16.5 Å². The Morgan fingerprint density at radius 2 is 1.14 bits per heavy atom. The van der Waals surface area contributed by atoms with Gasteiger partial charge in [-0.3, -0.25) is 4.79 Å². The van der Waals surface area contributed by atoms with Crippen molar-refractivity contribution in [2.45, 2.75) is 6.42 Å². The van der Waals surface area contributed by atoms with Gasteiger partial charge in [-0.2, -0.15) is 0 Å². The van der Waals surface area contributed by atoms with Crippen molar-refractivity contribution >= 4 is 47.3 Å². The highest BCUT2D eigenvalue weighted by Crippen LogP contribution is 2.29. The molecule has 4 aromatic carbocycles. The summed E-state index contributed by atoms with van der Waals surface area (Å²) in [7, 11) is 0. The maximum atomic E-state index is 10.8. The van der Waals surface area contributed by atoms with E-state index in [1.165, 1.54) is 6.07 Å². The molecule has 0 aliphatic heterocycles. The van der Waals surface area contributed by atoms with Gasteiger partial charge in [-0.25, -0.2) is 4.79 Å². The van der Waals surface area contributed by atoms with Crippen molar-refractivity contribution in [3.63, 3.8) is 0 Å².